The Morgan fingerprint density at radius 1 is 1.35 bits per heavy atom. The summed E-state index contributed by atoms with van der Waals surface area (Å²) in [6.07, 6.45) is 0.611. The molecule has 1 aliphatic rings. The van der Waals surface area contributed by atoms with E-state index in [-0.39, 0.29) is 18.4 Å². The number of carboxylic acids is 1. The number of nitrogens with one attached hydrogen (secondary N) is 1. The second kappa shape index (κ2) is 8.64. The van der Waals surface area contributed by atoms with E-state index < -0.39 is 5.97 Å². The normalized spacial score (nSPS) is 18.0. The van der Waals surface area contributed by atoms with Crippen LogP contribution in [0.2, 0.25) is 0 Å². The van der Waals surface area contributed by atoms with Crippen LogP contribution < -0.4 is 5.32 Å². The molecule has 23 heavy (non-hydrogen) atoms. The second-order valence-corrected chi connectivity index (χ2v) is 5.74. The van der Waals surface area contributed by atoms with Crippen LogP contribution in [0.15, 0.2) is 24.3 Å². The molecule has 0 radical (unpaired) electrons. The molecule has 0 aromatic heterocycles. The van der Waals surface area contributed by atoms with E-state index in [4.69, 9.17) is 9.84 Å². The minimum absolute atomic E-state index is 0.0812. The maximum Gasteiger partial charge on any atom is 0.307 e. The Morgan fingerprint density at radius 3 is 2.74 bits per heavy atom. The molecule has 1 aliphatic heterocycles. The van der Waals surface area contributed by atoms with Gasteiger partial charge in [-0.3, -0.25) is 14.5 Å². The molecule has 6 heteroatoms. The van der Waals surface area contributed by atoms with Crippen LogP contribution in [0, 0.1) is 5.92 Å². The summed E-state index contributed by atoms with van der Waals surface area (Å²) in [5.74, 6) is -1.21. The van der Waals surface area contributed by atoms with E-state index in [0.29, 0.717) is 39.3 Å². The summed E-state index contributed by atoms with van der Waals surface area (Å²) in [6.45, 7) is 4.95. The molecule has 1 aromatic carbocycles. The summed E-state index contributed by atoms with van der Waals surface area (Å²) in [5.41, 5.74) is 2.11. The molecular formula is C17H24N2O4. The van der Waals surface area contributed by atoms with Crippen molar-refractivity contribution in [3.8, 4) is 0 Å². The van der Waals surface area contributed by atoms with Gasteiger partial charge in [0.25, 0.3) is 0 Å². The highest BCUT2D eigenvalue weighted by Gasteiger charge is 2.28. The molecular weight excluding hydrogens is 296 g/mol. The smallest absolute Gasteiger partial charge is 0.307 e. The molecule has 1 heterocycles. The van der Waals surface area contributed by atoms with Crippen molar-refractivity contribution in [3.05, 3.63) is 35.4 Å². The molecule has 1 atom stereocenters. The molecule has 0 spiro atoms. The number of benzene rings is 1. The van der Waals surface area contributed by atoms with Crippen LogP contribution in [-0.4, -0.2) is 48.1 Å². The monoisotopic (exact) mass is 320 g/mol. The van der Waals surface area contributed by atoms with E-state index >= 15 is 0 Å². The minimum atomic E-state index is -0.780. The van der Waals surface area contributed by atoms with Gasteiger partial charge >= 0.3 is 5.97 Å². The minimum Gasteiger partial charge on any atom is -0.481 e. The summed E-state index contributed by atoms with van der Waals surface area (Å²) < 4.78 is 5.43. The quantitative estimate of drug-likeness (QED) is 0.753. The molecule has 1 amide bonds. The van der Waals surface area contributed by atoms with Crippen molar-refractivity contribution < 1.29 is 19.4 Å². The maximum atomic E-state index is 12.0. The fraction of sp³-hybridized carbons (Fsp3) is 0.529. The fourth-order valence-electron chi connectivity index (χ4n) is 2.71. The molecule has 1 fully saturated rings. The highest BCUT2D eigenvalue weighted by Crippen LogP contribution is 2.15. The number of carboxylic acid groups (broad SMARTS) is 1. The van der Waals surface area contributed by atoms with Gasteiger partial charge in [0, 0.05) is 19.7 Å². The van der Waals surface area contributed by atoms with Crippen molar-refractivity contribution in [3.63, 3.8) is 0 Å². The second-order valence-electron chi connectivity index (χ2n) is 5.74. The van der Waals surface area contributed by atoms with E-state index in [0.717, 1.165) is 11.1 Å². The van der Waals surface area contributed by atoms with Gasteiger partial charge in [-0.05, 0) is 31.0 Å². The van der Waals surface area contributed by atoms with Crippen LogP contribution in [0.25, 0.3) is 0 Å². The summed E-state index contributed by atoms with van der Waals surface area (Å²) in [6, 6.07) is 7.87. The van der Waals surface area contributed by atoms with Gasteiger partial charge in [0.2, 0.25) is 5.91 Å². The van der Waals surface area contributed by atoms with Gasteiger partial charge in [-0.15, -0.1) is 0 Å². The van der Waals surface area contributed by atoms with Crippen LogP contribution in [-0.2, 0) is 27.5 Å². The van der Waals surface area contributed by atoms with Gasteiger partial charge in [-0.2, -0.15) is 0 Å². The van der Waals surface area contributed by atoms with Gasteiger partial charge in [0.1, 0.15) is 0 Å². The fourth-order valence-corrected chi connectivity index (χ4v) is 2.71. The van der Waals surface area contributed by atoms with E-state index in [1.54, 1.807) is 0 Å². The summed E-state index contributed by atoms with van der Waals surface area (Å²) in [7, 11) is 0. The van der Waals surface area contributed by atoms with Crippen LogP contribution in [0.4, 0.5) is 0 Å². The Morgan fingerprint density at radius 2 is 2.09 bits per heavy atom. The van der Waals surface area contributed by atoms with E-state index in [1.807, 2.05) is 36.1 Å². The Hall–Kier alpha value is -1.92. The summed E-state index contributed by atoms with van der Waals surface area (Å²) in [5, 5.41) is 11.9. The Kier molecular flexibility index (Phi) is 6.55. The van der Waals surface area contributed by atoms with Crippen molar-refractivity contribution in [1.29, 1.82) is 0 Å². The molecule has 126 valence electrons. The van der Waals surface area contributed by atoms with Crippen LogP contribution in [0.1, 0.15) is 24.5 Å². The SMILES string of the molecule is CCOCc1ccccc1CNC(=O)CN1CCC(C(=O)O)C1. The number of hydrogen-bond donors (Lipinski definition) is 2. The van der Waals surface area contributed by atoms with E-state index in [1.165, 1.54) is 0 Å². The van der Waals surface area contributed by atoms with Gasteiger partial charge in [-0.1, -0.05) is 24.3 Å². The van der Waals surface area contributed by atoms with Crippen LogP contribution in [0.3, 0.4) is 0 Å². The molecule has 1 aromatic rings. The molecule has 0 aliphatic carbocycles. The number of rotatable bonds is 8. The third-order valence-electron chi connectivity index (χ3n) is 4.04. The first-order chi connectivity index (χ1) is 11.1. The zero-order chi connectivity index (χ0) is 16.7. The molecule has 2 N–H and O–H groups in total. The van der Waals surface area contributed by atoms with Gasteiger partial charge in [0.15, 0.2) is 0 Å². The van der Waals surface area contributed by atoms with Crippen molar-refractivity contribution in [2.45, 2.75) is 26.5 Å². The lowest BCUT2D eigenvalue weighted by Gasteiger charge is -2.15. The molecule has 1 unspecified atom stereocenters. The van der Waals surface area contributed by atoms with E-state index in [9.17, 15) is 9.59 Å². The van der Waals surface area contributed by atoms with Gasteiger partial charge in [0.05, 0.1) is 19.1 Å². The highest BCUT2D eigenvalue weighted by molar-refractivity contribution is 5.78. The Labute approximate surface area is 136 Å². The van der Waals surface area contributed by atoms with Crippen molar-refractivity contribution >= 4 is 11.9 Å². The van der Waals surface area contributed by atoms with Crippen molar-refractivity contribution in [2.24, 2.45) is 5.92 Å². The average molecular weight is 320 g/mol. The predicted molar refractivity (Wildman–Crippen MR) is 85.8 cm³/mol. The summed E-state index contributed by atoms with van der Waals surface area (Å²) in [4.78, 5) is 24.9. The lowest BCUT2D eigenvalue weighted by atomic mass is 10.1. The number of amides is 1. The molecule has 1 saturated heterocycles. The number of likely N-dealkylation sites (tertiary alicyclic amines) is 1. The standard InChI is InChI=1S/C17H24N2O4/c1-2-23-12-15-6-4-3-5-13(15)9-18-16(20)11-19-8-7-14(10-19)17(21)22/h3-6,14H,2,7-12H2,1H3,(H,18,20)(H,21,22). The third kappa shape index (κ3) is 5.33. The number of hydrogen-bond acceptors (Lipinski definition) is 4. The summed E-state index contributed by atoms with van der Waals surface area (Å²) >= 11 is 0. The largest absolute Gasteiger partial charge is 0.481 e. The molecule has 2 rings (SSSR count). The first-order valence-corrected chi connectivity index (χ1v) is 7.96. The molecule has 0 bridgehead atoms. The van der Waals surface area contributed by atoms with Crippen molar-refractivity contribution in [1.82, 2.24) is 10.2 Å². The van der Waals surface area contributed by atoms with Gasteiger partial charge in [-0.25, -0.2) is 0 Å². The maximum absolute atomic E-state index is 12.0. The lowest BCUT2D eigenvalue weighted by molar-refractivity contribution is -0.141. The van der Waals surface area contributed by atoms with Gasteiger partial charge < -0.3 is 15.2 Å². The van der Waals surface area contributed by atoms with Crippen LogP contribution in [0.5, 0.6) is 0 Å². The van der Waals surface area contributed by atoms with E-state index in [2.05, 4.69) is 5.32 Å². The van der Waals surface area contributed by atoms with Crippen molar-refractivity contribution in [2.75, 3.05) is 26.2 Å². The lowest BCUT2D eigenvalue weighted by Crippen LogP contribution is -2.36. The number of carbonyl (C=O) groups is 2. The number of aliphatic carboxylic acids is 1. The first kappa shape index (κ1) is 17.4. The van der Waals surface area contributed by atoms with Crippen LogP contribution >= 0.6 is 0 Å². The molecule has 0 saturated carbocycles. The highest BCUT2D eigenvalue weighted by atomic mass is 16.5. The average Bonchev–Trinajstić information content (AvgIpc) is 3.00. The predicted octanol–water partition coefficient (Wildman–Crippen LogP) is 1.25. The number of nitrogens with zero attached hydrogens (tertiary/aromatic N) is 1. The Bertz CT molecular complexity index is 547. The Balaban J connectivity index is 1.80. The third-order valence-corrected chi connectivity index (χ3v) is 4.04. The first-order valence-electron chi connectivity index (χ1n) is 7.96. The zero-order valence-electron chi connectivity index (χ0n) is 13.5. The zero-order valence-corrected chi connectivity index (χ0v) is 13.5. The number of carbonyl (C=O) groups excluding carboxylic acids is 1. The molecule has 6 nitrogen and oxygen atoms in total. The number of ether oxygens (including phenoxy) is 1. The topological polar surface area (TPSA) is 78.9 Å².